The van der Waals surface area contributed by atoms with Crippen molar-refractivity contribution in [1.82, 2.24) is 9.99 Å². The largest absolute Gasteiger partial charge is 0.317 e. The molecule has 128 valence electrons. The van der Waals surface area contributed by atoms with Gasteiger partial charge in [0, 0.05) is 33.5 Å². The number of halogens is 1. The number of hydrogen-bond donors (Lipinski definition) is 1. The van der Waals surface area contributed by atoms with E-state index in [1.807, 2.05) is 13.8 Å². The molecule has 0 aliphatic rings. The Balaban J connectivity index is 2.30. The molecule has 0 fully saturated rings. The highest BCUT2D eigenvalue weighted by Crippen LogP contribution is 2.29. The summed E-state index contributed by atoms with van der Waals surface area (Å²) in [5.41, 5.74) is 8.08. The third-order valence-electron chi connectivity index (χ3n) is 3.85. The molecule has 24 heavy (non-hydrogen) atoms. The number of amides is 1. The number of aromatic nitrogens is 1. The van der Waals surface area contributed by atoms with Crippen LogP contribution >= 0.6 is 15.9 Å². The Morgan fingerprint density at radius 2 is 2.00 bits per heavy atom. The molecule has 2 aromatic rings. The second-order valence-corrected chi connectivity index (χ2v) is 7.26. The number of nitrogens with zero attached hydrogens (tertiary/aromatic N) is 2. The molecule has 1 N–H and O–H groups in total. The van der Waals surface area contributed by atoms with Crippen molar-refractivity contribution in [3.05, 3.63) is 51.3 Å². The molecule has 0 spiro atoms. The summed E-state index contributed by atoms with van der Waals surface area (Å²) in [6.07, 6.45) is 2.18. The van der Waals surface area contributed by atoms with Crippen molar-refractivity contribution in [2.24, 2.45) is 11.0 Å². The van der Waals surface area contributed by atoms with E-state index in [4.69, 9.17) is 0 Å². The molecule has 4 nitrogen and oxygen atoms in total. The number of rotatable bonds is 5. The van der Waals surface area contributed by atoms with Crippen molar-refractivity contribution in [2.75, 3.05) is 0 Å². The molecule has 0 saturated carbocycles. The Bertz CT molecular complexity index is 775. The predicted molar refractivity (Wildman–Crippen MR) is 103 cm³/mol. The fourth-order valence-electron chi connectivity index (χ4n) is 2.71. The van der Waals surface area contributed by atoms with E-state index >= 15 is 0 Å². The van der Waals surface area contributed by atoms with E-state index in [0.29, 0.717) is 12.3 Å². The lowest BCUT2D eigenvalue weighted by molar-refractivity contribution is -0.121. The molecule has 0 aliphatic heterocycles. The monoisotopic (exact) mass is 389 g/mol. The van der Waals surface area contributed by atoms with Gasteiger partial charge in [-0.1, -0.05) is 26.0 Å². The maximum atomic E-state index is 11.7. The van der Waals surface area contributed by atoms with E-state index in [1.165, 1.54) is 5.56 Å². The minimum atomic E-state index is -0.0649. The summed E-state index contributed by atoms with van der Waals surface area (Å²) in [7, 11) is 0. The summed E-state index contributed by atoms with van der Waals surface area (Å²) >= 11 is 3.65. The average Bonchev–Trinajstić information content (AvgIpc) is 2.70. The van der Waals surface area contributed by atoms with Crippen LogP contribution in [0.3, 0.4) is 0 Å². The average molecular weight is 390 g/mol. The summed E-state index contributed by atoms with van der Waals surface area (Å²) in [6.45, 7) is 10.2. The molecule has 1 heterocycles. The van der Waals surface area contributed by atoms with Crippen LogP contribution in [0.25, 0.3) is 5.69 Å². The maximum Gasteiger partial charge on any atom is 0.240 e. The Hall–Kier alpha value is -1.88. The molecule has 1 amide bonds. The Morgan fingerprint density at radius 1 is 1.29 bits per heavy atom. The summed E-state index contributed by atoms with van der Waals surface area (Å²) in [5.74, 6) is 0.253. The van der Waals surface area contributed by atoms with Gasteiger partial charge in [-0.05, 0) is 60.3 Å². The Kier molecular flexibility index (Phi) is 5.99. The van der Waals surface area contributed by atoms with Gasteiger partial charge in [0.25, 0.3) is 0 Å². The quantitative estimate of drug-likeness (QED) is 0.586. The molecule has 0 radical (unpaired) electrons. The third kappa shape index (κ3) is 4.15. The van der Waals surface area contributed by atoms with Gasteiger partial charge >= 0.3 is 0 Å². The molecular weight excluding hydrogens is 366 g/mol. The first-order valence-electron chi connectivity index (χ1n) is 8.07. The van der Waals surface area contributed by atoms with Crippen LogP contribution in [0.15, 0.2) is 33.8 Å². The highest BCUT2D eigenvalue weighted by molar-refractivity contribution is 9.10. The Morgan fingerprint density at radius 3 is 2.62 bits per heavy atom. The van der Waals surface area contributed by atoms with Crippen LogP contribution in [0.5, 0.6) is 0 Å². The first-order chi connectivity index (χ1) is 11.3. The number of hydrogen-bond acceptors (Lipinski definition) is 2. The molecule has 0 atom stereocenters. The van der Waals surface area contributed by atoms with Crippen LogP contribution in [0.2, 0.25) is 0 Å². The summed E-state index contributed by atoms with van der Waals surface area (Å²) < 4.78 is 3.18. The normalized spacial score (nSPS) is 11.5. The van der Waals surface area contributed by atoms with Gasteiger partial charge in [0.1, 0.15) is 0 Å². The molecular formula is C19H24BrN3O. The smallest absolute Gasteiger partial charge is 0.240 e. The lowest BCUT2D eigenvalue weighted by Gasteiger charge is -2.10. The fourth-order valence-corrected chi connectivity index (χ4v) is 3.28. The van der Waals surface area contributed by atoms with Crippen molar-refractivity contribution in [1.29, 1.82) is 0 Å². The Labute approximate surface area is 152 Å². The van der Waals surface area contributed by atoms with Crippen molar-refractivity contribution < 1.29 is 4.79 Å². The van der Waals surface area contributed by atoms with Crippen molar-refractivity contribution in [3.63, 3.8) is 0 Å². The van der Waals surface area contributed by atoms with Crippen LogP contribution in [0.1, 0.15) is 42.8 Å². The zero-order valence-electron chi connectivity index (χ0n) is 14.9. The number of aryl methyl sites for hydroxylation is 1. The van der Waals surface area contributed by atoms with Crippen LogP contribution < -0.4 is 5.43 Å². The third-order valence-corrected chi connectivity index (χ3v) is 4.85. The minimum absolute atomic E-state index is 0.0649. The summed E-state index contributed by atoms with van der Waals surface area (Å²) in [5, 5.41) is 4.11. The number of benzene rings is 1. The minimum Gasteiger partial charge on any atom is -0.317 e. The molecule has 1 aromatic heterocycles. The van der Waals surface area contributed by atoms with E-state index in [0.717, 1.165) is 27.1 Å². The van der Waals surface area contributed by atoms with Gasteiger partial charge in [0.05, 0.1) is 6.21 Å². The van der Waals surface area contributed by atoms with Crippen LogP contribution in [0, 0.1) is 26.7 Å². The van der Waals surface area contributed by atoms with Gasteiger partial charge in [0.2, 0.25) is 5.91 Å². The van der Waals surface area contributed by atoms with Gasteiger partial charge in [-0.25, -0.2) is 5.43 Å². The highest BCUT2D eigenvalue weighted by atomic mass is 79.9. The van der Waals surface area contributed by atoms with Gasteiger partial charge < -0.3 is 4.57 Å². The topological polar surface area (TPSA) is 46.4 Å². The zero-order valence-corrected chi connectivity index (χ0v) is 16.4. The van der Waals surface area contributed by atoms with Gasteiger partial charge in [-0.15, -0.1) is 0 Å². The van der Waals surface area contributed by atoms with Crippen molar-refractivity contribution in [3.8, 4) is 5.69 Å². The second-order valence-electron chi connectivity index (χ2n) is 6.46. The van der Waals surface area contributed by atoms with Crippen molar-refractivity contribution >= 4 is 28.1 Å². The number of carbonyl (C=O) groups is 1. The highest BCUT2D eigenvalue weighted by Gasteiger charge is 2.15. The van der Waals surface area contributed by atoms with Crippen LogP contribution in [-0.4, -0.2) is 16.7 Å². The molecule has 0 saturated heterocycles. The van der Waals surface area contributed by atoms with E-state index in [2.05, 4.69) is 76.1 Å². The molecule has 2 rings (SSSR count). The van der Waals surface area contributed by atoms with Crippen LogP contribution in [0.4, 0.5) is 0 Å². The van der Waals surface area contributed by atoms with Gasteiger partial charge in [-0.2, -0.15) is 5.10 Å². The molecule has 0 bridgehead atoms. The molecule has 0 unspecified atom stereocenters. The predicted octanol–water partition coefficient (Wildman–Crippen LogP) is 4.66. The number of nitrogens with one attached hydrogen (secondary N) is 1. The number of hydrazone groups is 1. The maximum absolute atomic E-state index is 11.7. The van der Waals surface area contributed by atoms with E-state index < -0.39 is 0 Å². The van der Waals surface area contributed by atoms with Gasteiger partial charge in [-0.3, -0.25) is 4.79 Å². The van der Waals surface area contributed by atoms with Gasteiger partial charge in [0.15, 0.2) is 0 Å². The van der Waals surface area contributed by atoms with E-state index in [-0.39, 0.29) is 5.91 Å². The van der Waals surface area contributed by atoms with E-state index in [1.54, 1.807) is 6.21 Å². The SMILES string of the molecule is Cc1cccc(-n2c(C)c(Br)c(/C=N\NC(=O)CC(C)C)c2C)c1. The summed E-state index contributed by atoms with van der Waals surface area (Å²) in [4.78, 5) is 11.7. The lowest BCUT2D eigenvalue weighted by Crippen LogP contribution is -2.19. The number of carbonyl (C=O) groups excluding carboxylic acids is 1. The molecule has 0 aliphatic carbocycles. The lowest BCUT2D eigenvalue weighted by atomic mass is 10.1. The van der Waals surface area contributed by atoms with Crippen LogP contribution in [-0.2, 0) is 4.79 Å². The second kappa shape index (κ2) is 7.79. The molecule has 1 aromatic carbocycles. The summed E-state index contributed by atoms with van der Waals surface area (Å²) in [6, 6.07) is 8.37. The van der Waals surface area contributed by atoms with E-state index in [9.17, 15) is 4.79 Å². The first-order valence-corrected chi connectivity index (χ1v) is 8.87. The standard InChI is InChI=1S/C19H24BrN3O/c1-12(2)9-18(24)22-21-11-17-14(4)23(15(5)19(17)20)16-8-6-7-13(3)10-16/h6-8,10-12H,9H2,1-5H3,(H,22,24)/b21-11-. The van der Waals surface area contributed by atoms with Crippen molar-refractivity contribution in [2.45, 2.75) is 41.0 Å². The zero-order chi connectivity index (χ0) is 17.9. The fraction of sp³-hybridized carbons (Fsp3) is 0.368. The molecule has 5 heteroatoms. The first kappa shape index (κ1) is 18.5.